The third-order valence-electron chi connectivity index (χ3n) is 2.48. The van der Waals surface area contributed by atoms with E-state index in [-0.39, 0.29) is 6.42 Å². The Bertz CT molecular complexity index is 593. The van der Waals surface area contributed by atoms with Gasteiger partial charge in [-0.2, -0.15) is 0 Å². The second kappa shape index (κ2) is 5.56. The van der Waals surface area contributed by atoms with Crippen LogP contribution in [0.2, 0.25) is 0 Å². The number of nitrogens with one attached hydrogen (secondary N) is 1. The van der Waals surface area contributed by atoms with Gasteiger partial charge in [-0.1, -0.05) is 18.2 Å². The molecular weight excluding hydrogens is 255 g/mol. The lowest BCUT2D eigenvalue weighted by Crippen LogP contribution is -2.16. The summed E-state index contributed by atoms with van der Waals surface area (Å²) in [5, 5.41) is 2.14. The zero-order chi connectivity index (χ0) is 13.8. The number of rotatable bonds is 3. The van der Waals surface area contributed by atoms with Gasteiger partial charge in [0.15, 0.2) is 0 Å². The summed E-state index contributed by atoms with van der Waals surface area (Å²) in [5.74, 6) is -2.79. The van der Waals surface area contributed by atoms with E-state index >= 15 is 0 Å². The minimum atomic E-state index is -0.854. The first-order valence-electron chi connectivity index (χ1n) is 5.54. The number of amides is 1. The number of carbonyl (C=O) groups is 1. The highest BCUT2D eigenvalue weighted by molar-refractivity contribution is 5.92. The average Bonchev–Trinajstić information content (AvgIpc) is 2.34. The number of carbonyl (C=O) groups excluding carboxylic acids is 1. The largest absolute Gasteiger partial charge is 0.321 e. The fraction of sp³-hybridized carbons (Fsp3) is 0.0714. The highest BCUT2D eigenvalue weighted by Gasteiger charge is 2.12. The van der Waals surface area contributed by atoms with Crippen LogP contribution < -0.4 is 5.32 Å². The van der Waals surface area contributed by atoms with Gasteiger partial charge in [0.25, 0.3) is 0 Å². The number of anilines is 1. The third-order valence-corrected chi connectivity index (χ3v) is 2.48. The summed E-state index contributed by atoms with van der Waals surface area (Å²) in [7, 11) is 0. The second-order valence-corrected chi connectivity index (χ2v) is 3.95. The molecule has 0 fully saturated rings. The Kier molecular flexibility index (Phi) is 3.85. The molecule has 2 nitrogen and oxygen atoms in total. The van der Waals surface area contributed by atoms with E-state index in [1.807, 2.05) is 0 Å². The van der Waals surface area contributed by atoms with Gasteiger partial charge in [0, 0.05) is 0 Å². The number of hydrogen-bond acceptors (Lipinski definition) is 1. The van der Waals surface area contributed by atoms with Crippen molar-refractivity contribution >= 4 is 11.6 Å². The summed E-state index contributed by atoms with van der Waals surface area (Å²) in [6, 6.07) is 8.74. The van der Waals surface area contributed by atoms with Gasteiger partial charge in [-0.25, -0.2) is 13.2 Å². The van der Waals surface area contributed by atoms with E-state index in [2.05, 4.69) is 5.32 Å². The number of para-hydroxylation sites is 1. The SMILES string of the molecule is O=C(Cc1cccc(F)c1)Nc1c(F)cccc1F. The molecule has 0 aliphatic carbocycles. The first kappa shape index (κ1) is 13.1. The molecule has 0 saturated heterocycles. The molecule has 19 heavy (non-hydrogen) atoms. The van der Waals surface area contributed by atoms with Gasteiger partial charge in [0.2, 0.25) is 5.91 Å². The van der Waals surface area contributed by atoms with Crippen LogP contribution in [0.3, 0.4) is 0 Å². The summed E-state index contributed by atoms with van der Waals surface area (Å²) < 4.78 is 39.5. The molecule has 0 aliphatic heterocycles. The molecule has 5 heteroatoms. The summed E-state index contributed by atoms with van der Waals surface area (Å²) >= 11 is 0. The number of halogens is 3. The highest BCUT2D eigenvalue weighted by atomic mass is 19.1. The molecule has 0 saturated carbocycles. The van der Waals surface area contributed by atoms with Crippen molar-refractivity contribution in [2.75, 3.05) is 5.32 Å². The topological polar surface area (TPSA) is 29.1 Å². The zero-order valence-electron chi connectivity index (χ0n) is 9.79. The Hall–Kier alpha value is -2.30. The minimum Gasteiger partial charge on any atom is -0.321 e. The van der Waals surface area contributed by atoms with Gasteiger partial charge in [-0.15, -0.1) is 0 Å². The number of benzene rings is 2. The van der Waals surface area contributed by atoms with Crippen molar-refractivity contribution in [1.82, 2.24) is 0 Å². The van der Waals surface area contributed by atoms with Crippen molar-refractivity contribution in [2.24, 2.45) is 0 Å². The van der Waals surface area contributed by atoms with Crippen LogP contribution in [0.5, 0.6) is 0 Å². The second-order valence-electron chi connectivity index (χ2n) is 3.95. The maximum absolute atomic E-state index is 13.3. The summed E-state index contributed by atoms with van der Waals surface area (Å²) in [6.07, 6.45) is -0.161. The van der Waals surface area contributed by atoms with Gasteiger partial charge >= 0.3 is 0 Å². The molecule has 0 atom stereocenters. The first-order chi connectivity index (χ1) is 9.06. The van der Waals surface area contributed by atoms with Gasteiger partial charge in [-0.3, -0.25) is 4.79 Å². The van der Waals surface area contributed by atoms with Gasteiger partial charge in [-0.05, 0) is 29.8 Å². The van der Waals surface area contributed by atoms with Crippen molar-refractivity contribution in [1.29, 1.82) is 0 Å². The van der Waals surface area contributed by atoms with Crippen LogP contribution in [0.4, 0.5) is 18.9 Å². The molecule has 0 bridgehead atoms. The Morgan fingerprint density at radius 3 is 2.26 bits per heavy atom. The lowest BCUT2D eigenvalue weighted by atomic mass is 10.1. The molecule has 1 amide bonds. The Balaban J connectivity index is 2.10. The molecule has 0 heterocycles. The van der Waals surface area contributed by atoms with Crippen LogP contribution in [0.25, 0.3) is 0 Å². The fourth-order valence-electron chi connectivity index (χ4n) is 1.63. The predicted octanol–water partition coefficient (Wildman–Crippen LogP) is 3.29. The van der Waals surface area contributed by atoms with Crippen molar-refractivity contribution in [2.45, 2.75) is 6.42 Å². The average molecular weight is 265 g/mol. The van der Waals surface area contributed by atoms with Crippen molar-refractivity contribution in [3.05, 3.63) is 65.5 Å². The van der Waals surface area contributed by atoms with E-state index in [1.54, 1.807) is 6.07 Å². The molecule has 2 aromatic carbocycles. The Labute approximate surface area is 107 Å². The van der Waals surface area contributed by atoms with Crippen molar-refractivity contribution < 1.29 is 18.0 Å². The van der Waals surface area contributed by atoms with E-state index in [0.29, 0.717) is 5.56 Å². The molecule has 0 spiro atoms. The van der Waals surface area contributed by atoms with Crippen LogP contribution in [0.1, 0.15) is 5.56 Å². The molecule has 0 unspecified atom stereocenters. The summed E-state index contributed by atoms with van der Waals surface area (Å²) in [5.41, 5.74) is -0.0712. The maximum atomic E-state index is 13.3. The van der Waals surface area contributed by atoms with Gasteiger partial charge < -0.3 is 5.32 Å². The first-order valence-corrected chi connectivity index (χ1v) is 5.54. The van der Waals surface area contributed by atoms with Crippen LogP contribution in [0, 0.1) is 17.5 Å². The monoisotopic (exact) mass is 265 g/mol. The van der Waals surface area contributed by atoms with Crippen LogP contribution in [0.15, 0.2) is 42.5 Å². The quantitative estimate of drug-likeness (QED) is 0.906. The normalized spacial score (nSPS) is 10.3. The Morgan fingerprint density at radius 2 is 1.63 bits per heavy atom. The summed E-state index contributed by atoms with van der Waals surface area (Å²) in [4.78, 5) is 11.6. The van der Waals surface area contributed by atoms with Gasteiger partial charge in [0.05, 0.1) is 6.42 Å². The molecular formula is C14H10F3NO. The standard InChI is InChI=1S/C14H10F3NO/c15-10-4-1-3-9(7-10)8-13(19)18-14-11(16)5-2-6-12(14)17/h1-7H,8H2,(H,18,19). The van der Waals surface area contributed by atoms with Crippen LogP contribution in [-0.2, 0) is 11.2 Å². The fourth-order valence-corrected chi connectivity index (χ4v) is 1.63. The van der Waals surface area contributed by atoms with Gasteiger partial charge in [0.1, 0.15) is 23.1 Å². The minimum absolute atomic E-state index is 0.161. The molecule has 0 aromatic heterocycles. The van der Waals surface area contributed by atoms with E-state index in [9.17, 15) is 18.0 Å². The molecule has 0 aliphatic rings. The molecule has 98 valence electrons. The molecule has 1 N–H and O–H groups in total. The zero-order valence-corrected chi connectivity index (χ0v) is 9.79. The van der Waals surface area contributed by atoms with E-state index in [1.165, 1.54) is 24.3 Å². The maximum Gasteiger partial charge on any atom is 0.228 e. The third kappa shape index (κ3) is 3.34. The van der Waals surface area contributed by atoms with E-state index in [0.717, 1.165) is 12.1 Å². The van der Waals surface area contributed by atoms with E-state index in [4.69, 9.17) is 0 Å². The predicted molar refractivity (Wildman–Crippen MR) is 65.1 cm³/mol. The van der Waals surface area contributed by atoms with E-state index < -0.39 is 29.0 Å². The highest BCUT2D eigenvalue weighted by Crippen LogP contribution is 2.18. The van der Waals surface area contributed by atoms with Crippen molar-refractivity contribution in [3.8, 4) is 0 Å². The van der Waals surface area contributed by atoms with Crippen molar-refractivity contribution in [3.63, 3.8) is 0 Å². The lowest BCUT2D eigenvalue weighted by molar-refractivity contribution is -0.115. The number of hydrogen-bond donors (Lipinski definition) is 1. The van der Waals surface area contributed by atoms with Crippen LogP contribution in [-0.4, -0.2) is 5.91 Å². The summed E-state index contributed by atoms with van der Waals surface area (Å²) in [6.45, 7) is 0. The molecule has 0 radical (unpaired) electrons. The molecule has 2 aromatic rings. The smallest absolute Gasteiger partial charge is 0.228 e. The lowest BCUT2D eigenvalue weighted by Gasteiger charge is -2.07. The molecule has 2 rings (SSSR count). The Morgan fingerprint density at radius 1 is 1.00 bits per heavy atom. The van der Waals surface area contributed by atoms with Crippen LogP contribution >= 0.6 is 0 Å².